The Morgan fingerprint density at radius 2 is 1.88 bits per heavy atom. The molecule has 0 aliphatic heterocycles. The fourth-order valence-corrected chi connectivity index (χ4v) is 4.02. The second kappa shape index (κ2) is 6.29. The summed E-state index contributed by atoms with van der Waals surface area (Å²) < 4.78 is 29.4. The maximum absolute atomic E-state index is 12.6. The van der Waals surface area contributed by atoms with E-state index < -0.39 is 10.0 Å². The average molecular weight is 355 g/mol. The Bertz CT molecular complexity index is 982. The van der Waals surface area contributed by atoms with Gasteiger partial charge in [0.05, 0.1) is 34.9 Å². The predicted molar refractivity (Wildman–Crippen MR) is 93.0 cm³/mol. The lowest BCUT2D eigenvalue weighted by molar-refractivity contribution is 0.601. The normalized spacial score (nSPS) is 14.1. The lowest BCUT2D eigenvalue weighted by atomic mass is 9.96. The Morgan fingerprint density at radius 1 is 1.08 bits per heavy atom. The number of hydrogen-bond acceptors (Lipinski definition) is 5. The lowest BCUT2D eigenvalue weighted by Gasteiger charge is -2.16. The van der Waals surface area contributed by atoms with Crippen LogP contribution in [0.5, 0.6) is 0 Å². The lowest BCUT2D eigenvalue weighted by Crippen LogP contribution is -2.14. The molecule has 1 aliphatic rings. The summed E-state index contributed by atoms with van der Waals surface area (Å²) in [7, 11) is -3.66. The summed E-state index contributed by atoms with van der Waals surface area (Å²) in [5, 5.41) is 7.62. The van der Waals surface area contributed by atoms with Crippen LogP contribution in [0.15, 0.2) is 53.8 Å². The Labute approximate surface area is 145 Å². The molecule has 0 saturated carbocycles. The number of aromatic nitrogens is 4. The first kappa shape index (κ1) is 15.8. The zero-order valence-electron chi connectivity index (χ0n) is 13.5. The van der Waals surface area contributed by atoms with E-state index >= 15 is 0 Å². The molecule has 0 bridgehead atoms. The largest absolute Gasteiger partial charge is 0.278 e. The number of fused-ring (bicyclic) bond motifs is 1. The van der Waals surface area contributed by atoms with Crippen LogP contribution in [0.3, 0.4) is 0 Å². The summed E-state index contributed by atoms with van der Waals surface area (Å²) in [4.78, 5) is 4.59. The van der Waals surface area contributed by atoms with Gasteiger partial charge in [-0.1, -0.05) is 5.21 Å². The number of nitrogens with zero attached hydrogens (tertiary/aromatic N) is 4. The molecular formula is C17H17N5O2S. The number of sulfonamides is 1. The van der Waals surface area contributed by atoms with Crippen LogP contribution >= 0.6 is 0 Å². The number of rotatable bonds is 4. The zero-order chi connectivity index (χ0) is 17.3. The Kier molecular flexibility index (Phi) is 3.96. The average Bonchev–Trinajstić information content (AvgIpc) is 3.16. The van der Waals surface area contributed by atoms with Gasteiger partial charge in [-0.2, -0.15) is 0 Å². The first-order valence-corrected chi connectivity index (χ1v) is 9.57. The van der Waals surface area contributed by atoms with Gasteiger partial charge < -0.3 is 0 Å². The molecule has 2 aromatic heterocycles. The van der Waals surface area contributed by atoms with Crippen LogP contribution in [0.4, 0.5) is 5.69 Å². The van der Waals surface area contributed by atoms with E-state index in [2.05, 4.69) is 20.0 Å². The number of hydrogen-bond donors (Lipinski definition) is 1. The van der Waals surface area contributed by atoms with Gasteiger partial charge in [-0.15, -0.1) is 5.10 Å². The van der Waals surface area contributed by atoms with Crippen molar-refractivity contribution in [2.45, 2.75) is 30.6 Å². The number of pyridine rings is 1. The first-order valence-electron chi connectivity index (χ1n) is 8.09. The number of aryl methyl sites for hydroxylation is 2. The van der Waals surface area contributed by atoms with Gasteiger partial charge in [-0.05, 0) is 61.6 Å². The third kappa shape index (κ3) is 3.25. The smallest absolute Gasteiger partial charge is 0.261 e. The molecule has 4 rings (SSSR count). The maximum Gasteiger partial charge on any atom is 0.261 e. The monoisotopic (exact) mass is 355 g/mol. The van der Waals surface area contributed by atoms with Crippen LogP contribution in [0, 0.1) is 0 Å². The second-order valence-electron chi connectivity index (χ2n) is 5.98. The predicted octanol–water partition coefficient (Wildman–Crippen LogP) is 2.34. The number of nitrogens with one attached hydrogen (secondary N) is 1. The van der Waals surface area contributed by atoms with Crippen molar-refractivity contribution in [3.63, 3.8) is 0 Å². The molecule has 1 aromatic carbocycles. The molecule has 0 spiro atoms. The van der Waals surface area contributed by atoms with Crippen LogP contribution in [-0.2, 0) is 22.9 Å². The molecule has 25 heavy (non-hydrogen) atoms. The van der Waals surface area contributed by atoms with E-state index in [9.17, 15) is 8.42 Å². The Balaban J connectivity index is 1.57. The summed E-state index contributed by atoms with van der Waals surface area (Å²) in [5.41, 5.74) is 3.45. The van der Waals surface area contributed by atoms with Gasteiger partial charge in [0.1, 0.15) is 0 Å². The van der Waals surface area contributed by atoms with Crippen molar-refractivity contribution in [1.82, 2.24) is 20.0 Å². The van der Waals surface area contributed by atoms with E-state index in [1.807, 2.05) is 6.07 Å². The molecule has 7 nitrogen and oxygen atoms in total. The molecule has 0 atom stereocenters. The van der Waals surface area contributed by atoms with E-state index in [1.54, 1.807) is 47.5 Å². The molecule has 0 amide bonds. The van der Waals surface area contributed by atoms with Crippen molar-refractivity contribution in [3.8, 4) is 5.69 Å². The quantitative estimate of drug-likeness (QED) is 0.776. The van der Waals surface area contributed by atoms with E-state index in [1.165, 1.54) is 0 Å². The van der Waals surface area contributed by atoms with Crippen LogP contribution in [0.25, 0.3) is 5.69 Å². The fraction of sp³-hybridized carbons (Fsp3) is 0.235. The van der Waals surface area contributed by atoms with Crippen molar-refractivity contribution in [2.24, 2.45) is 0 Å². The first-order chi connectivity index (χ1) is 12.1. The van der Waals surface area contributed by atoms with Crippen molar-refractivity contribution in [2.75, 3.05) is 4.72 Å². The molecule has 1 N–H and O–H groups in total. The minimum Gasteiger partial charge on any atom is -0.278 e. The molecule has 0 saturated heterocycles. The van der Waals surface area contributed by atoms with Crippen molar-refractivity contribution >= 4 is 15.7 Å². The van der Waals surface area contributed by atoms with Crippen LogP contribution < -0.4 is 4.72 Å². The third-order valence-electron chi connectivity index (χ3n) is 4.26. The van der Waals surface area contributed by atoms with Crippen LogP contribution in [0.2, 0.25) is 0 Å². The summed E-state index contributed by atoms with van der Waals surface area (Å²) in [6.45, 7) is 0. The Morgan fingerprint density at radius 3 is 2.64 bits per heavy atom. The molecule has 1 aliphatic carbocycles. The molecule has 3 aromatic rings. The van der Waals surface area contributed by atoms with Gasteiger partial charge in [-0.25, -0.2) is 13.1 Å². The summed E-state index contributed by atoms with van der Waals surface area (Å²) in [6.07, 6.45) is 9.02. The van der Waals surface area contributed by atoms with Gasteiger partial charge in [0.2, 0.25) is 0 Å². The zero-order valence-corrected chi connectivity index (χ0v) is 14.3. The maximum atomic E-state index is 12.6. The molecule has 128 valence electrons. The highest BCUT2D eigenvalue weighted by Gasteiger charge is 2.17. The highest BCUT2D eigenvalue weighted by molar-refractivity contribution is 7.92. The molecule has 0 radical (unpaired) electrons. The van der Waals surface area contributed by atoms with E-state index in [0.717, 1.165) is 42.6 Å². The minimum atomic E-state index is -3.66. The summed E-state index contributed by atoms with van der Waals surface area (Å²) >= 11 is 0. The highest BCUT2D eigenvalue weighted by atomic mass is 32.2. The number of anilines is 1. The van der Waals surface area contributed by atoms with Crippen molar-refractivity contribution < 1.29 is 8.42 Å². The summed E-state index contributed by atoms with van der Waals surface area (Å²) in [6, 6.07) is 8.36. The van der Waals surface area contributed by atoms with E-state index in [4.69, 9.17) is 0 Å². The van der Waals surface area contributed by atoms with Crippen molar-refractivity contribution in [3.05, 3.63) is 60.2 Å². The number of benzene rings is 1. The van der Waals surface area contributed by atoms with E-state index in [0.29, 0.717) is 5.69 Å². The molecule has 2 heterocycles. The second-order valence-corrected chi connectivity index (χ2v) is 7.67. The SMILES string of the molecule is O=S(=O)(Nc1cnc2c(c1)CCCC2)c1ccc(-n2ccnn2)cc1. The Hall–Kier alpha value is -2.74. The molecule has 8 heteroatoms. The molecular weight excluding hydrogens is 338 g/mol. The van der Waals surface area contributed by atoms with Gasteiger partial charge in [0, 0.05) is 5.69 Å². The fourth-order valence-electron chi connectivity index (χ4n) is 2.98. The highest BCUT2D eigenvalue weighted by Crippen LogP contribution is 2.24. The van der Waals surface area contributed by atoms with E-state index in [-0.39, 0.29) is 4.90 Å². The summed E-state index contributed by atoms with van der Waals surface area (Å²) in [5.74, 6) is 0. The molecule has 0 unspecified atom stereocenters. The van der Waals surface area contributed by atoms with Gasteiger partial charge in [0.25, 0.3) is 10.0 Å². The minimum absolute atomic E-state index is 0.189. The topological polar surface area (TPSA) is 89.8 Å². The standard InChI is InChI=1S/C17H17N5O2S/c23-25(24,16-7-5-15(6-8-16)22-10-9-19-21-22)20-14-11-13-3-1-2-4-17(13)18-12-14/h5-12,20H,1-4H2. The van der Waals surface area contributed by atoms with Crippen LogP contribution in [0.1, 0.15) is 24.1 Å². The van der Waals surface area contributed by atoms with Crippen molar-refractivity contribution in [1.29, 1.82) is 0 Å². The van der Waals surface area contributed by atoms with Gasteiger partial charge in [-0.3, -0.25) is 9.71 Å². The van der Waals surface area contributed by atoms with Gasteiger partial charge >= 0.3 is 0 Å². The van der Waals surface area contributed by atoms with Crippen LogP contribution in [-0.4, -0.2) is 28.4 Å². The van der Waals surface area contributed by atoms with Gasteiger partial charge in [0.15, 0.2) is 0 Å². The third-order valence-corrected chi connectivity index (χ3v) is 5.65. The molecule has 0 fully saturated rings.